The summed E-state index contributed by atoms with van der Waals surface area (Å²) in [4.78, 5) is 0. The molecule has 17 heavy (non-hydrogen) atoms. The lowest BCUT2D eigenvalue weighted by Crippen LogP contribution is -2.18. The number of hydrogen-bond donors (Lipinski definition) is 1. The van der Waals surface area contributed by atoms with Crippen molar-refractivity contribution in [3.05, 3.63) is 66.0 Å². The van der Waals surface area contributed by atoms with E-state index in [4.69, 9.17) is 10.5 Å². The lowest BCUT2D eigenvalue weighted by molar-refractivity contribution is 0.213. The maximum absolute atomic E-state index is 13.0. The minimum Gasteiger partial charge on any atom is -0.484 e. The van der Waals surface area contributed by atoms with E-state index in [1.807, 2.05) is 30.3 Å². The van der Waals surface area contributed by atoms with Crippen LogP contribution in [0.5, 0.6) is 5.75 Å². The molecule has 0 aliphatic rings. The normalized spacial score (nSPS) is 12.1. The molecule has 2 rings (SSSR count). The van der Waals surface area contributed by atoms with E-state index in [0.717, 1.165) is 5.56 Å². The highest BCUT2D eigenvalue weighted by atomic mass is 19.1. The van der Waals surface area contributed by atoms with E-state index in [-0.39, 0.29) is 11.9 Å². The lowest BCUT2D eigenvalue weighted by atomic mass is 10.1. The number of benzene rings is 2. The fraction of sp³-hybridized carbons (Fsp3) is 0.143. The van der Waals surface area contributed by atoms with Gasteiger partial charge in [0.15, 0.2) is 0 Å². The average molecular weight is 231 g/mol. The van der Waals surface area contributed by atoms with Crippen LogP contribution in [0.15, 0.2) is 54.6 Å². The second kappa shape index (κ2) is 5.46. The van der Waals surface area contributed by atoms with Crippen LogP contribution in [0.3, 0.4) is 0 Å². The van der Waals surface area contributed by atoms with Crippen molar-refractivity contribution in [2.75, 3.05) is 6.54 Å². The van der Waals surface area contributed by atoms with Gasteiger partial charge in [-0.15, -0.1) is 0 Å². The monoisotopic (exact) mass is 231 g/mol. The van der Waals surface area contributed by atoms with E-state index in [9.17, 15) is 4.39 Å². The van der Waals surface area contributed by atoms with Gasteiger partial charge in [-0.2, -0.15) is 0 Å². The first-order valence-corrected chi connectivity index (χ1v) is 5.47. The van der Waals surface area contributed by atoms with Crippen LogP contribution in [0.1, 0.15) is 11.7 Å². The highest BCUT2D eigenvalue weighted by Gasteiger charge is 2.10. The Morgan fingerprint density at radius 2 is 1.82 bits per heavy atom. The van der Waals surface area contributed by atoms with E-state index in [0.29, 0.717) is 12.3 Å². The molecule has 2 N–H and O–H groups in total. The van der Waals surface area contributed by atoms with Crippen LogP contribution in [0.4, 0.5) is 4.39 Å². The summed E-state index contributed by atoms with van der Waals surface area (Å²) in [6.07, 6.45) is -0.252. The number of rotatable bonds is 4. The number of halogens is 1. The summed E-state index contributed by atoms with van der Waals surface area (Å²) in [5.74, 6) is 0.177. The predicted molar refractivity (Wildman–Crippen MR) is 65.3 cm³/mol. The Labute approximate surface area is 99.8 Å². The van der Waals surface area contributed by atoms with Crippen molar-refractivity contribution >= 4 is 0 Å². The number of hydrogen-bond acceptors (Lipinski definition) is 2. The van der Waals surface area contributed by atoms with Gasteiger partial charge in [0.05, 0.1) is 0 Å². The van der Waals surface area contributed by atoms with Crippen LogP contribution < -0.4 is 10.5 Å². The first-order valence-electron chi connectivity index (χ1n) is 5.47. The summed E-state index contributed by atoms with van der Waals surface area (Å²) in [6.45, 7) is 0.348. The van der Waals surface area contributed by atoms with Gasteiger partial charge in [0.2, 0.25) is 0 Å². The molecule has 1 atom stereocenters. The van der Waals surface area contributed by atoms with Gasteiger partial charge in [0.1, 0.15) is 17.7 Å². The summed E-state index contributed by atoms with van der Waals surface area (Å²) in [5.41, 5.74) is 6.66. The predicted octanol–water partition coefficient (Wildman–Crippen LogP) is 2.90. The molecule has 0 saturated carbocycles. The molecule has 0 amide bonds. The van der Waals surface area contributed by atoms with Crippen LogP contribution in [0, 0.1) is 5.82 Å². The van der Waals surface area contributed by atoms with Crippen molar-refractivity contribution in [2.45, 2.75) is 6.10 Å². The third-order valence-corrected chi connectivity index (χ3v) is 2.46. The molecular formula is C14H14FNO. The van der Waals surface area contributed by atoms with Crippen LogP contribution in [0.25, 0.3) is 0 Å². The topological polar surface area (TPSA) is 35.2 Å². The van der Waals surface area contributed by atoms with Gasteiger partial charge in [-0.3, -0.25) is 0 Å². The minimum absolute atomic E-state index is 0.252. The van der Waals surface area contributed by atoms with Crippen LogP contribution in [-0.2, 0) is 0 Å². The van der Waals surface area contributed by atoms with Gasteiger partial charge in [-0.1, -0.05) is 36.4 Å². The van der Waals surface area contributed by atoms with Gasteiger partial charge >= 0.3 is 0 Å². The SMILES string of the molecule is NCC(Oc1cccc(F)c1)c1ccccc1. The van der Waals surface area contributed by atoms with Crippen molar-refractivity contribution in [3.63, 3.8) is 0 Å². The Morgan fingerprint density at radius 3 is 2.47 bits per heavy atom. The third-order valence-electron chi connectivity index (χ3n) is 2.46. The summed E-state index contributed by atoms with van der Waals surface area (Å²) in [7, 11) is 0. The van der Waals surface area contributed by atoms with Crippen molar-refractivity contribution in [1.82, 2.24) is 0 Å². The Hall–Kier alpha value is -1.87. The quantitative estimate of drug-likeness (QED) is 0.878. The highest BCUT2D eigenvalue weighted by molar-refractivity contribution is 5.25. The molecule has 0 spiro atoms. The Kier molecular flexibility index (Phi) is 3.73. The molecule has 2 nitrogen and oxygen atoms in total. The van der Waals surface area contributed by atoms with E-state index in [1.165, 1.54) is 12.1 Å². The minimum atomic E-state index is -0.314. The molecule has 0 heterocycles. The Bertz CT molecular complexity index is 473. The van der Waals surface area contributed by atoms with Crippen LogP contribution >= 0.6 is 0 Å². The molecule has 1 unspecified atom stereocenters. The van der Waals surface area contributed by atoms with Gasteiger partial charge in [0.25, 0.3) is 0 Å². The van der Waals surface area contributed by atoms with Gasteiger partial charge < -0.3 is 10.5 Å². The van der Waals surface area contributed by atoms with Crippen molar-refractivity contribution in [2.24, 2.45) is 5.73 Å². The molecule has 0 aliphatic heterocycles. The van der Waals surface area contributed by atoms with E-state index < -0.39 is 0 Å². The van der Waals surface area contributed by atoms with E-state index >= 15 is 0 Å². The fourth-order valence-electron chi connectivity index (χ4n) is 1.62. The fourth-order valence-corrected chi connectivity index (χ4v) is 1.62. The lowest BCUT2D eigenvalue weighted by Gasteiger charge is -2.17. The highest BCUT2D eigenvalue weighted by Crippen LogP contribution is 2.21. The maximum Gasteiger partial charge on any atom is 0.136 e. The van der Waals surface area contributed by atoms with Gasteiger partial charge in [-0.25, -0.2) is 4.39 Å². The zero-order valence-corrected chi connectivity index (χ0v) is 9.34. The molecule has 0 fully saturated rings. The summed E-state index contributed by atoms with van der Waals surface area (Å²) >= 11 is 0. The molecule has 0 bridgehead atoms. The largest absolute Gasteiger partial charge is 0.484 e. The zero-order valence-electron chi connectivity index (χ0n) is 9.34. The molecule has 3 heteroatoms. The summed E-state index contributed by atoms with van der Waals surface area (Å²) < 4.78 is 18.7. The summed E-state index contributed by atoms with van der Waals surface area (Å²) in [5, 5.41) is 0. The molecule has 0 aromatic heterocycles. The van der Waals surface area contributed by atoms with E-state index in [1.54, 1.807) is 12.1 Å². The molecule has 2 aromatic rings. The smallest absolute Gasteiger partial charge is 0.136 e. The molecule has 0 saturated heterocycles. The average Bonchev–Trinajstić information content (AvgIpc) is 2.37. The van der Waals surface area contributed by atoms with Crippen molar-refractivity contribution in [3.8, 4) is 5.75 Å². The standard InChI is InChI=1S/C14H14FNO/c15-12-7-4-8-13(9-12)17-14(10-16)11-5-2-1-3-6-11/h1-9,14H,10,16H2. The van der Waals surface area contributed by atoms with Gasteiger partial charge in [0, 0.05) is 12.6 Å². The molecular weight excluding hydrogens is 217 g/mol. The Morgan fingerprint density at radius 1 is 1.06 bits per heavy atom. The first-order chi connectivity index (χ1) is 8.29. The molecule has 0 aliphatic carbocycles. The van der Waals surface area contributed by atoms with Gasteiger partial charge in [-0.05, 0) is 17.7 Å². The van der Waals surface area contributed by atoms with Crippen LogP contribution in [0.2, 0.25) is 0 Å². The number of ether oxygens (including phenoxy) is 1. The Balaban J connectivity index is 2.16. The van der Waals surface area contributed by atoms with Crippen molar-refractivity contribution < 1.29 is 9.13 Å². The second-order valence-electron chi connectivity index (χ2n) is 3.71. The number of nitrogens with two attached hydrogens (primary N) is 1. The maximum atomic E-state index is 13.0. The van der Waals surface area contributed by atoms with E-state index in [2.05, 4.69) is 0 Å². The zero-order chi connectivity index (χ0) is 12.1. The molecule has 88 valence electrons. The third kappa shape index (κ3) is 3.04. The van der Waals surface area contributed by atoms with Crippen molar-refractivity contribution in [1.29, 1.82) is 0 Å². The van der Waals surface area contributed by atoms with Crippen LogP contribution in [-0.4, -0.2) is 6.54 Å². The first kappa shape index (κ1) is 11.6. The summed E-state index contributed by atoms with van der Waals surface area (Å²) in [6, 6.07) is 15.7. The second-order valence-corrected chi connectivity index (χ2v) is 3.71. The molecule has 0 radical (unpaired) electrons. The molecule has 2 aromatic carbocycles.